The third kappa shape index (κ3) is 4.41. The van der Waals surface area contributed by atoms with Gasteiger partial charge in [-0.25, -0.2) is 4.99 Å². The van der Waals surface area contributed by atoms with Crippen LogP contribution in [0.4, 0.5) is 5.69 Å². The highest BCUT2D eigenvalue weighted by molar-refractivity contribution is 9.10. The van der Waals surface area contributed by atoms with E-state index < -0.39 is 0 Å². The highest BCUT2D eigenvalue weighted by Crippen LogP contribution is 2.12. The SMILES string of the molecule is Cc1ccc(NC(N)=NCc2cccc(Br)c2)cc1. The molecule has 0 unspecified atom stereocenters. The van der Waals surface area contributed by atoms with Gasteiger partial charge >= 0.3 is 0 Å². The van der Waals surface area contributed by atoms with E-state index in [9.17, 15) is 0 Å². The second-order valence-corrected chi connectivity index (χ2v) is 5.24. The summed E-state index contributed by atoms with van der Waals surface area (Å²) in [6.45, 7) is 2.61. The lowest BCUT2D eigenvalue weighted by molar-refractivity contribution is 1.06. The zero-order valence-corrected chi connectivity index (χ0v) is 12.3. The zero-order valence-electron chi connectivity index (χ0n) is 10.7. The number of guanidine groups is 1. The van der Waals surface area contributed by atoms with Crippen LogP contribution >= 0.6 is 15.9 Å². The number of halogens is 1. The predicted octanol–water partition coefficient (Wildman–Crippen LogP) is 3.68. The lowest BCUT2D eigenvalue weighted by Gasteiger charge is -2.06. The number of hydrogen-bond acceptors (Lipinski definition) is 1. The van der Waals surface area contributed by atoms with Crippen LogP contribution in [-0.4, -0.2) is 5.96 Å². The molecule has 0 aliphatic carbocycles. The molecule has 0 saturated heterocycles. The van der Waals surface area contributed by atoms with Crippen molar-refractivity contribution >= 4 is 27.6 Å². The van der Waals surface area contributed by atoms with Gasteiger partial charge in [-0.15, -0.1) is 0 Å². The Labute approximate surface area is 121 Å². The van der Waals surface area contributed by atoms with Crippen LogP contribution in [0.2, 0.25) is 0 Å². The second-order valence-electron chi connectivity index (χ2n) is 4.32. The molecule has 3 N–H and O–H groups in total. The van der Waals surface area contributed by atoms with Crippen molar-refractivity contribution in [2.75, 3.05) is 5.32 Å². The van der Waals surface area contributed by atoms with Crippen molar-refractivity contribution < 1.29 is 0 Å². The largest absolute Gasteiger partial charge is 0.370 e. The van der Waals surface area contributed by atoms with Gasteiger partial charge in [0.1, 0.15) is 0 Å². The summed E-state index contributed by atoms with van der Waals surface area (Å²) in [5, 5.41) is 3.07. The molecule has 0 heterocycles. The Bertz CT molecular complexity index is 576. The van der Waals surface area contributed by atoms with E-state index in [4.69, 9.17) is 5.73 Å². The summed E-state index contributed by atoms with van der Waals surface area (Å²) in [5.74, 6) is 0.420. The molecule has 3 nitrogen and oxygen atoms in total. The average molecular weight is 318 g/mol. The molecule has 2 aromatic carbocycles. The molecule has 0 aromatic heterocycles. The van der Waals surface area contributed by atoms with Crippen molar-refractivity contribution in [3.8, 4) is 0 Å². The van der Waals surface area contributed by atoms with Crippen molar-refractivity contribution in [2.45, 2.75) is 13.5 Å². The van der Waals surface area contributed by atoms with Gasteiger partial charge in [-0.05, 0) is 36.8 Å². The summed E-state index contributed by atoms with van der Waals surface area (Å²) in [6, 6.07) is 16.1. The topological polar surface area (TPSA) is 50.4 Å². The molecule has 0 aliphatic heterocycles. The number of rotatable bonds is 3. The molecule has 0 radical (unpaired) electrons. The van der Waals surface area contributed by atoms with Crippen molar-refractivity contribution in [3.05, 3.63) is 64.1 Å². The molecular formula is C15H16BrN3. The van der Waals surface area contributed by atoms with Gasteiger partial charge in [-0.1, -0.05) is 45.8 Å². The number of benzene rings is 2. The van der Waals surface area contributed by atoms with Crippen molar-refractivity contribution in [1.29, 1.82) is 0 Å². The van der Waals surface area contributed by atoms with Gasteiger partial charge < -0.3 is 11.1 Å². The molecule has 2 aromatic rings. The first kappa shape index (κ1) is 13.6. The van der Waals surface area contributed by atoms with Gasteiger partial charge in [0.2, 0.25) is 0 Å². The number of nitrogens with zero attached hydrogens (tertiary/aromatic N) is 1. The highest BCUT2D eigenvalue weighted by Gasteiger charge is 1.96. The van der Waals surface area contributed by atoms with Gasteiger partial charge in [-0.2, -0.15) is 0 Å². The molecule has 98 valence electrons. The minimum Gasteiger partial charge on any atom is -0.370 e. The third-order valence-corrected chi connectivity index (χ3v) is 3.14. The van der Waals surface area contributed by atoms with Crippen molar-refractivity contribution in [3.63, 3.8) is 0 Å². The second kappa shape index (κ2) is 6.38. The monoisotopic (exact) mass is 317 g/mol. The number of aryl methyl sites for hydroxylation is 1. The first-order chi connectivity index (χ1) is 9.13. The fourth-order valence-electron chi connectivity index (χ4n) is 1.64. The van der Waals surface area contributed by atoms with Crippen LogP contribution in [0, 0.1) is 6.92 Å². The molecular weight excluding hydrogens is 302 g/mol. The molecule has 0 aliphatic rings. The number of hydrogen-bond donors (Lipinski definition) is 2. The number of aliphatic imine (C=N–C) groups is 1. The summed E-state index contributed by atoms with van der Waals surface area (Å²) >= 11 is 3.43. The van der Waals surface area contributed by atoms with E-state index in [2.05, 4.69) is 33.2 Å². The Balaban J connectivity index is 1.97. The van der Waals surface area contributed by atoms with Crippen molar-refractivity contribution in [1.82, 2.24) is 0 Å². The number of nitrogens with two attached hydrogens (primary N) is 1. The Morgan fingerprint density at radius 3 is 2.63 bits per heavy atom. The molecule has 19 heavy (non-hydrogen) atoms. The van der Waals surface area contributed by atoms with Gasteiger partial charge in [0, 0.05) is 10.2 Å². The number of anilines is 1. The molecule has 2 rings (SSSR count). The first-order valence-electron chi connectivity index (χ1n) is 6.01. The van der Waals surface area contributed by atoms with Crippen LogP contribution in [0.1, 0.15) is 11.1 Å². The molecule has 4 heteroatoms. The maximum Gasteiger partial charge on any atom is 0.193 e. The molecule has 0 spiro atoms. The minimum atomic E-state index is 0.420. The van der Waals surface area contributed by atoms with E-state index in [0.29, 0.717) is 12.5 Å². The lowest BCUT2D eigenvalue weighted by atomic mass is 10.2. The minimum absolute atomic E-state index is 0.420. The molecule has 0 atom stereocenters. The van der Waals surface area contributed by atoms with Gasteiger partial charge in [-0.3, -0.25) is 0 Å². The first-order valence-corrected chi connectivity index (χ1v) is 6.81. The Morgan fingerprint density at radius 2 is 1.95 bits per heavy atom. The van der Waals surface area contributed by atoms with Gasteiger partial charge in [0.15, 0.2) is 5.96 Å². The third-order valence-electron chi connectivity index (χ3n) is 2.64. The molecule has 0 bridgehead atoms. The smallest absolute Gasteiger partial charge is 0.193 e. The summed E-state index contributed by atoms with van der Waals surface area (Å²) in [7, 11) is 0. The number of nitrogens with one attached hydrogen (secondary N) is 1. The van der Waals surface area contributed by atoms with Crippen LogP contribution in [0.25, 0.3) is 0 Å². The highest BCUT2D eigenvalue weighted by atomic mass is 79.9. The fraction of sp³-hybridized carbons (Fsp3) is 0.133. The van der Waals surface area contributed by atoms with Gasteiger partial charge in [0.05, 0.1) is 6.54 Å². The predicted molar refractivity (Wildman–Crippen MR) is 84.3 cm³/mol. The van der Waals surface area contributed by atoms with Crippen LogP contribution < -0.4 is 11.1 Å². The summed E-state index contributed by atoms with van der Waals surface area (Å²) in [6.07, 6.45) is 0. The fourth-order valence-corrected chi connectivity index (χ4v) is 2.08. The van der Waals surface area contributed by atoms with E-state index >= 15 is 0 Å². The van der Waals surface area contributed by atoms with Gasteiger partial charge in [0.25, 0.3) is 0 Å². The molecule has 0 saturated carbocycles. The van der Waals surface area contributed by atoms with Crippen molar-refractivity contribution in [2.24, 2.45) is 10.7 Å². The Hall–Kier alpha value is -1.81. The van der Waals surface area contributed by atoms with E-state index in [1.54, 1.807) is 0 Å². The quantitative estimate of drug-likeness (QED) is 0.670. The van der Waals surface area contributed by atoms with E-state index in [1.165, 1.54) is 5.56 Å². The Kier molecular flexibility index (Phi) is 4.58. The maximum absolute atomic E-state index is 5.86. The average Bonchev–Trinajstić information content (AvgIpc) is 2.39. The summed E-state index contributed by atoms with van der Waals surface area (Å²) < 4.78 is 1.05. The van der Waals surface area contributed by atoms with Crippen LogP contribution in [0.15, 0.2) is 58.0 Å². The normalized spacial score (nSPS) is 11.4. The Morgan fingerprint density at radius 1 is 1.21 bits per heavy atom. The lowest BCUT2D eigenvalue weighted by Crippen LogP contribution is -2.22. The van der Waals surface area contributed by atoms with Crippen LogP contribution in [0.5, 0.6) is 0 Å². The van der Waals surface area contributed by atoms with E-state index in [0.717, 1.165) is 15.7 Å². The maximum atomic E-state index is 5.86. The molecule has 0 fully saturated rings. The zero-order chi connectivity index (χ0) is 13.7. The molecule has 0 amide bonds. The summed E-state index contributed by atoms with van der Waals surface area (Å²) in [5.41, 5.74) is 9.13. The summed E-state index contributed by atoms with van der Waals surface area (Å²) in [4.78, 5) is 4.32. The van der Waals surface area contributed by atoms with E-state index in [-0.39, 0.29) is 0 Å². The van der Waals surface area contributed by atoms with Crippen LogP contribution in [-0.2, 0) is 6.54 Å². The van der Waals surface area contributed by atoms with Crippen LogP contribution in [0.3, 0.4) is 0 Å². The van der Waals surface area contributed by atoms with E-state index in [1.807, 2.05) is 48.5 Å². The standard InChI is InChI=1S/C15H16BrN3/c1-11-5-7-14(8-6-11)19-15(17)18-10-12-3-2-4-13(16)9-12/h2-9H,10H2,1H3,(H3,17,18,19).